The van der Waals surface area contributed by atoms with Crippen molar-refractivity contribution < 1.29 is 4.79 Å². The monoisotopic (exact) mass is 553 g/mol. The molecule has 0 radical (unpaired) electrons. The molecule has 0 saturated heterocycles. The van der Waals surface area contributed by atoms with Crippen LogP contribution in [-0.2, 0) is 25.9 Å². The van der Waals surface area contributed by atoms with Crippen LogP contribution >= 0.6 is 23.2 Å². The van der Waals surface area contributed by atoms with E-state index < -0.39 is 5.24 Å². The molecular formula is C35H33Cl2NO. The number of halogens is 2. The second-order valence-electron chi connectivity index (χ2n) is 9.81. The van der Waals surface area contributed by atoms with Crippen molar-refractivity contribution in [1.82, 2.24) is 4.90 Å². The van der Waals surface area contributed by atoms with Gasteiger partial charge in [0.2, 0.25) is 0 Å². The highest BCUT2D eigenvalue weighted by molar-refractivity contribution is 6.67. The first-order chi connectivity index (χ1) is 19.0. The van der Waals surface area contributed by atoms with E-state index >= 15 is 0 Å². The molecule has 4 aromatic carbocycles. The van der Waals surface area contributed by atoms with Crippen LogP contribution < -0.4 is 0 Å². The summed E-state index contributed by atoms with van der Waals surface area (Å²) in [5.41, 5.74) is 7.53. The third kappa shape index (κ3) is 9.41. The molecule has 198 valence electrons. The first kappa shape index (κ1) is 28.7. The fourth-order valence-corrected chi connectivity index (χ4v) is 4.64. The maximum absolute atomic E-state index is 11.4. The summed E-state index contributed by atoms with van der Waals surface area (Å²) in [6.07, 6.45) is 4.47. The summed E-state index contributed by atoms with van der Waals surface area (Å²) in [5, 5.41) is 0.310. The Balaban J connectivity index is 1.42. The van der Waals surface area contributed by atoms with Crippen molar-refractivity contribution in [3.8, 4) is 11.8 Å². The van der Waals surface area contributed by atoms with Crippen LogP contribution in [0.4, 0.5) is 0 Å². The summed E-state index contributed by atoms with van der Waals surface area (Å²) in [4.78, 5) is 13.9. The van der Waals surface area contributed by atoms with Crippen LogP contribution in [-0.4, -0.2) is 16.7 Å². The van der Waals surface area contributed by atoms with E-state index in [2.05, 4.69) is 84.3 Å². The van der Waals surface area contributed by atoms with Gasteiger partial charge >= 0.3 is 0 Å². The first-order valence-electron chi connectivity index (χ1n) is 13.4. The van der Waals surface area contributed by atoms with E-state index in [0.717, 1.165) is 54.2 Å². The van der Waals surface area contributed by atoms with Crippen molar-refractivity contribution in [2.24, 2.45) is 0 Å². The van der Waals surface area contributed by atoms with Crippen molar-refractivity contribution in [2.45, 2.75) is 45.7 Å². The van der Waals surface area contributed by atoms with Crippen LogP contribution in [0.25, 0.3) is 0 Å². The number of aryl methyl sites for hydroxylation is 1. The fraction of sp³-hybridized carbons (Fsp3) is 0.229. The van der Waals surface area contributed by atoms with Crippen LogP contribution in [0, 0.1) is 11.8 Å². The summed E-state index contributed by atoms with van der Waals surface area (Å²) in [5.74, 6) is 6.59. The van der Waals surface area contributed by atoms with Gasteiger partial charge in [0.25, 0.3) is 5.24 Å². The lowest BCUT2D eigenvalue weighted by molar-refractivity contribution is 0.108. The largest absolute Gasteiger partial charge is 0.295 e. The molecule has 0 aromatic heterocycles. The Morgan fingerprint density at radius 2 is 1.13 bits per heavy atom. The molecule has 0 atom stereocenters. The highest BCUT2D eigenvalue weighted by Gasteiger charge is 2.10. The van der Waals surface area contributed by atoms with Crippen molar-refractivity contribution in [2.75, 3.05) is 6.54 Å². The van der Waals surface area contributed by atoms with Crippen molar-refractivity contribution in [1.29, 1.82) is 0 Å². The lowest BCUT2D eigenvalue weighted by Gasteiger charge is -2.23. The van der Waals surface area contributed by atoms with Gasteiger partial charge in [-0.1, -0.05) is 85.3 Å². The predicted molar refractivity (Wildman–Crippen MR) is 163 cm³/mol. The molecule has 4 heteroatoms. The van der Waals surface area contributed by atoms with Crippen molar-refractivity contribution >= 4 is 28.4 Å². The third-order valence-electron chi connectivity index (χ3n) is 6.70. The molecule has 2 nitrogen and oxygen atoms in total. The summed E-state index contributed by atoms with van der Waals surface area (Å²) in [7, 11) is 0. The Hall–Kier alpha value is -3.35. The minimum absolute atomic E-state index is 0.437. The van der Waals surface area contributed by atoms with E-state index in [1.807, 2.05) is 24.3 Å². The SMILES string of the molecule is CCCCc1ccc(C#Cc2ccc(CN(CCc3ccc(Cl)cc3)Cc3ccc(C(=O)Cl)cc3)cc2)cc1. The van der Waals surface area contributed by atoms with Crippen LogP contribution in [0.1, 0.15) is 63.5 Å². The Morgan fingerprint density at radius 1 is 0.667 bits per heavy atom. The third-order valence-corrected chi connectivity index (χ3v) is 7.17. The van der Waals surface area contributed by atoms with Crippen LogP contribution in [0.15, 0.2) is 97.1 Å². The fourth-order valence-electron chi connectivity index (χ4n) is 4.38. The lowest BCUT2D eigenvalue weighted by Crippen LogP contribution is -2.25. The van der Waals surface area contributed by atoms with Gasteiger partial charge in [0.1, 0.15) is 0 Å². The van der Waals surface area contributed by atoms with Crippen LogP contribution in [0.2, 0.25) is 5.02 Å². The first-order valence-corrected chi connectivity index (χ1v) is 14.2. The maximum atomic E-state index is 11.4. The maximum Gasteiger partial charge on any atom is 0.252 e. The van der Waals surface area contributed by atoms with Gasteiger partial charge < -0.3 is 0 Å². The highest BCUT2D eigenvalue weighted by Crippen LogP contribution is 2.16. The number of unbranched alkanes of at least 4 members (excludes halogenated alkanes) is 1. The molecular weight excluding hydrogens is 521 g/mol. The number of nitrogens with zero attached hydrogens (tertiary/aromatic N) is 1. The molecule has 4 aromatic rings. The number of benzene rings is 4. The molecule has 0 fully saturated rings. The van der Waals surface area contributed by atoms with Crippen LogP contribution in [0.5, 0.6) is 0 Å². The minimum atomic E-state index is -0.437. The second-order valence-corrected chi connectivity index (χ2v) is 10.6. The van der Waals surface area contributed by atoms with E-state index in [-0.39, 0.29) is 0 Å². The Kier molecular flexibility index (Phi) is 10.8. The average molecular weight is 555 g/mol. The Labute approximate surface area is 242 Å². The van der Waals surface area contributed by atoms with Gasteiger partial charge in [0.05, 0.1) is 0 Å². The number of rotatable bonds is 11. The summed E-state index contributed by atoms with van der Waals surface area (Å²) >= 11 is 11.7. The van der Waals surface area contributed by atoms with E-state index in [4.69, 9.17) is 23.2 Å². The number of hydrogen-bond acceptors (Lipinski definition) is 2. The van der Waals surface area contributed by atoms with Gasteiger partial charge in [0, 0.05) is 41.3 Å². The highest BCUT2D eigenvalue weighted by atomic mass is 35.5. The van der Waals surface area contributed by atoms with E-state index in [1.54, 1.807) is 12.1 Å². The standard InChI is InChI=1S/C35H33Cl2NO/c1-2-3-4-27-5-7-28(8-6-27)9-10-29-11-13-31(14-12-29)25-38(24-23-30-17-21-34(36)22-18-30)26-32-15-19-33(20-16-32)35(37)39/h5-8,11-22H,2-4,23-26H2,1H3. The van der Waals surface area contributed by atoms with Gasteiger partial charge in [-0.25, -0.2) is 0 Å². The Morgan fingerprint density at radius 3 is 1.64 bits per heavy atom. The Bertz CT molecular complexity index is 1400. The quantitative estimate of drug-likeness (QED) is 0.137. The number of hydrogen-bond donors (Lipinski definition) is 0. The van der Waals surface area contributed by atoms with Crippen LogP contribution in [0.3, 0.4) is 0 Å². The van der Waals surface area contributed by atoms with Crippen molar-refractivity contribution in [3.63, 3.8) is 0 Å². The van der Waals surface area contributed by atoms with Gasteiger partial charge in [-0.3, -0.25) is 9.69 Å². The van der Waals surface area contributed by atoms with E-state index in [0.29, 0.717) is 5.56 Å². The summed E-state index contributed by atoms with van der Waals surface area (Å²) in [6, 6.07) is 32.6. The topological polar surface area (TPSA) is 20.3 Å². The predicted octanol–water partition coefficient (Wildman–Crippen LogP) is 8.71. The number of carbonyl (C=O) groups is 1. The molecule has 0 unspecified atom stereocenters. The molecule has 0 spiro atoms. The molecule has 0 aliphatic rings. The molecule has 4 rings (SSSR count). The zero-order chi connectivity index (χ0) is 27.5. The second kappa shape index (κ2) is 14.7. The number of carbonyl (C=O) groups excluding carboxylic acids is 1. The molecule has 0 amide bonds. The lowest BCUT2D eigenvalue weighted by atomic mass is 10.1. The molecule has 0 aliphatic carbocycles. The minimum Gasteiger partial charge on any atom is -0.295 e. The van der Waals surface area contributed by atoms with Gasteiger partial charge in [-0.15, -0.1) is 0 Å². The summed E-state index contributed by atoms with van der Waals surface area (Å²) in [6.45, 7) is 4.67. The van der Waals surface area contributed by atoms with Crippen molar-refractivity contribution in [3.05, 3.63) is 141 Å². The van der Waals surface area contributed by atoms with Gasteiger partial charge in [0.15, 0.2) is 0 Å². The molecule has 0 saturated carbocycles. The molecule has 0 N–H and O–H groups in total. The normalized spacial score (nSPS) is 10.8. The molecule has 39 heavy (non-hydrogen) atoms. The zero-order valence-electron chi connectivity index (χ0n) is 22.3. The molecule has 0 heterocycles. The average Bonchev–Trinajstić information content (AvgIpc) is 2.96. The van der Waals surface area contributed by atoms with E-state index in [1.165, 1.54) is 29.5 Å². The molecule has 0 bridgehead atoms. The van der Waals surface area contributed by atoms with Gasteiger partial charge in [-0.05, 0) is 102 Å². The molecule has 0 aliphatic heterocycles. The smallest absolute Gasteiger partial charge is 0.252 e. The van der Waals surface area contributed by atoms with Gasteiger partial charge in [-0.2, -0.15) is 0 Å². The summed E-state index contributed by atoms with van der Waals surface area (Å²) < 4.78 is 0. The van der Waals surface area contributed by atoms with E-state index in [9.17, 15) is 4.79 Å². The zero-order valence-corrected chi connectivity index (χ0v) is 23.8.